The summed E-state index contributed by atoms with van der Waals surface area (Å²) < 4.78 is 6.30. The minimum Gasteiger partial charge on any atom is -0.465 e. The third kappa shape index (κ3) is 2.18. The SMILES string of the molecule is CCc1nn(-c2ccccn2)cc1C(=O)OC. The van der Waals surface area contributed by atoms with Crippen molar-refractivity contribution in [2.24, 2.45) is 0 Å². The maximum Gasteiger partial charge on any atom is 0.341 e. The van der Waals surface area contributed by atoms with Crippen molar-refractivity contribution in [3.05, 3.63) is 41.9 Å². The zero-order valence-electron chi connectivity index (χ0n) is 9.75. The average molecular weight is 231 g/mol. The molecule has 0 bridgehead atoms. The van der Waals surface area contributed by atoms with Gasteiger partial charge in [0, 0.05) is 12.4 Å². The third-order valence-electron chi connectivity index (χ3n) is 2.41. The fraction of sp³-hybridized carbons (Fsp3) is 0.250. The first kappa shape index (κ1) is 11.3. The molecule has 5 nitrogen and oxygen atoms in total. The molecule has 88 valence electrons. The molecule has 0 saturated carbocycles. The predicted octanol–water partition coefficient (Wildman–Crippen LogP) is 1.62. The van der Waals surface area contributed by atoms with Crippen molar-refractivity contribution in [1.82, 2.24) is 14.8 Å². The largest absolute Gasteiger partial charge is 0.465 e. The van der Waals surface area contributed by atoms with E-state index in [1.165, 1.54) is 7.11 Å². The minimum absolute atomic E-state index is 0.371. The van der Waals surface area contributed by atoms with Crippen LogP contribution in [0.5, 0.6) is 0 Å². The Hall–Kier alpha value is -2.17. The molecule has 0 radical (unpaired) electrons. The Balaban J connectivity index is 2.45. The number of methoxy groups -OCH3 is 1. The summed E-state index contributed by atoms with van der Waals surface area (Å²) >= 11 is 0. The van der Waals surface area contributed by atoms with E-state index in [2.05, 4.69) is 10.1 Å². The van der Waals surface area contributed by atoms with Crippen LogP contribution >= 0.6 is 0 Å². The molecule has 0 aliphatic heterocycles. The first-order valence-corrected chi connectivity index (χ1v) is 5.34. The van der Waals surface area contributed by atoms with Gasteiger partial charge in [0.2, 0.25) is 0 Å². The number of esters is 1. The summed E-state index contributed by atoms with van der Waals surface area (Å²) in [6.45, 7) is 1.94. The number of carbonyl (C=O) groups excluding carboxylic acids is 1. The van der Waals surface area contributed by atoms with Gasteiger partial charge in [0.05, 0.1) is 12.8 Å². The molecule has 2 heterocycles. The van der Waals surface area contributed by atoms with Crippen molar-refractivity contribution in [1.29, 1.82) is 0 Å². The highest BCUT2D eigenvalue weighted by atomic mass is 16.5. The van der Waals surface area contributed by atoms with Crippen LogP contribution < -0.4 is 0 Å². The van der Waals surface area contributed by atoms with Crippen molar-refractivity contribution < 1.29 is 9.53 Å². The van der Waals surface area contributed by atoms with E-state index in [1.807, 2.05) is 25.1 Å². The monoisotopic (exact) mass is 231 g/mol. The number of ether oxygens (including phenoxy) is 1. The summed E-state index contributed by atoms with van der Waals surface area (Å²) in [5.74, 6) is 0.307. The van der Waals surface area contributed by atoms with E-state index < -0.39 is 0 Å². The van der Waals surface area contributed by atoms with Gasteiger partial charge in [0.1, 0.15) is 5.56 Å². The van der Waals surface area contributed by atoms with Gasteiger partial charge in [-0.2, -0.15) is 5.10 Å². The first-order valence-electron chi connectivity index (χ1n) is 5.34. The van der Waals surface area contributed by atoms with Crippen LogP contribution in [0.15, 0.2) is 30.6 Å². The van der Waals surface area contributed by atoms with Crippen LogP contribution in [-0.2, 0) is 11.2 Å². The standard InChI is InChI=1S/C12H13N3O2/c1-3-10-9(12(16)17-2)8-15(14-10)11-6-4-5-7-13-11/h4-8H,3H2,1-2H3. The zero-order valence-corrected chi connectivity index (χ0v) is 9.75. The van der Waals surface area contributed by atoms with Gasteiger partial charge in [-0.25, -0.2) is 14.5 Å². The third-order valence-corrected chi connectivity index (χ3v) is 2.41. The van der Waals surface area contributed by atoms with Crippen LogP contribution in [-0.4, -0.2) is 27.8 Å². The van der Waals surface area contributed by atoms with Crippen LogP contribution in [0.25, 0.3) is 5.82 Å². The van der Waals surface area contributed by atoms with Gasteiger partial charge in [-0.3, -0.25) is 0 Å². The van der Waals surface area contributed by atoms with E-state index in [0.717, 1.165) is 0 Å². The molecule has 17 heavy (non-hydrogen) atoms. The number of hydrogen-bond acceptors (Lipinski definition) is 4. The number of hydrogen-bond donors (Lipinski definition) is 0. The molecule has 2 rings (SSSR count). The maximum atomic E-state index is 11.5. The second-order valence-corrected chi connectivity index (χ2v) is 3.47. The topological polar surface area (TPSA) is 57.0 Å². The molecule has 0 aromatic carbocycles. The summed E-state index contributed by atoms with van der Waals surface area (Å²) in [5, 5.41) is 4.32. The fourth-order valence-electron chi connectivity index (χ4n) is 1.56. The van der Waals surface area contributed by atoms with Crippen molar-refractivity contribution in [3.63, 3.8) is 0 Å². The van der Waals surface area contributed by atoms with Crippen molar-refractivity contribution >= 4 is 5.97 Å². The number of pyridine rings is 1. The Labute approximate surface area is 99.1 Å². The number of nitrogens with zero attached hydrogens (tertiary/aromatic N) is 3. The summed E-state index contributed by atoms with van der Waals surface area (Å²) in [6, 6.07) is 5.52. The molecule has 2 aromatic heterocycles. The van der Waals surface area contributed by atoms with Gasteiger partial charge in [-0.05, 0) is 18.6 Å². The van der Waals surface area contributed by atoms with E-state index in [9.17, 15) is 4.79 Å². The van der Waals surface area contributed by atoms with E-state index in [1.54, 1.807) is 17.1 Å². The molecular formula is C12H13N3O2. The van der Waals surface area contributed by atoms with Crippen LogP contribution in [0.2, 0.25) is 0 Å². The average Bonchev–Trinajstić information content (AvgIpc) is 2.83. The Morgan fingerprint density at radius 1 is 1.47 bits per heavy atom. The molecule has 0 aliphatic carbocycles. The molecule has 2 aromatic rings. The summed E-state index contributed by atoms with van der Waals surface area (Å²) in [6.07, 6.45) is 4.00. The lowest BCUT2D eigenvalue weighted by atomic mass is 10.2. The molecule has 0 fully saturated rings. The lowest BCUT2D eigenvalue weighted by Crippen LogP contribution is -2.02. The number of rotatable bonds is 3. The smallest absolute Gasteiger partial charge is 0.341 e. The fourth-order valence-corrected chi connectivity index (χ4v) is 1.56. The predicted molar refractivity (Wildman–Crippen MR) is 62.1 cm³/mol. The van der Waals surface area contributed by atoms with Gasteiger partial charge in [0.15, 0.2) is 5.82 Å². The number of carbonyl (C=O) groups is 1. The van der Waals surface area contributed by atoms with E-state index >= 15 is 0 Å². The summed E-state index contributed by atoms with van der Waals surface area (Å²) in [4.78, 5) is 15.7. The summed E-state index contributed by atoms with van der Waals surface area (Å²) in [7, 11) is 1.36. The Morgan fingerprint density at radius 3 is 2.88 bits per heavy atom. The van der Waals surface area contributed by atoms with Crippen molar-refractivity contribution in [2.75, 3.05) is 7.11 Å². The maximum absolute atomic E-state index is 11.5. The van der Waals surface area contributed by atoms with Gasteiger partial charge < -0.3 is 4.74 Å². The Bertz CT molecular complexity index is 520. The first-order chi connectivity index (χ1) is 8.26. The van der Waals surface area contributed by atoms with Gasteiger partial charge in [-0.15, -0.1) is 0 Å². The molecule has 0 unspecified atom stereocenters. The molecule has 0 amide bonds. The van der Waals surface area contributed by atoms with Gasteiger partial charge in [0.25, 0.3) is 0 Å². The Kier molecular flexibility index (Phi) is 3.18. The van der Waals surface area contributed by atoms with Crippen LogP contribution in [0.4, 0.5) is 0 Å². The molecule has 0 aliphatic rings. The lowest BCUT2D eigenvalue weighted by molar-refractivity contribution is 0.0599. The van der Waals surface area contributed by atoms with Crippen LogP contribution in [0, 0.1) is 0 Å². The number of aryl methyl sites for hydroxylation is 1. The minimum atomic E-state index is -0.371. The highest BCUT2D eigenvalue weighted by Gasteiger charge is 2.16. The molecule has 5 heteroatoms. The lowest BCUT2D eigenvalue weighted by Gasteiger charge is -1.97. The molecule has 0 saturated heterocycles. The second kappa shape index (κ2) is 4.78. The quantitative estimate of drug-likeness (QED) is 0.753. The normalized spacial score (nSPS) is 10.2. The van der Waals surface area contributed by atoms with Crippen molar-refractivity contribution in [2.45, 2.75) is 13.3 Å². The molecule has 0 spiro atoms. The van der Waals surface area contributed by atoms with Gasteiger partial charge >= 0.3 is 5.97 Å². The van der Waals surface area contributed by atoms with E-state index in [-0.39, 0.29) is 5.97 Å². The summed E-state index contributed by atoms with van der Waals surface area (Å²) in [5.41, 5.74) is 1.20. The van der Waals surface area contributed by atoms with E-state index in [0.29, 0.717) is 23.5 Å². The Morgan fingerprint density at radius 2 is 2.29 bits per heavy atom. The highest BCUT2D eigenvalue weighted by Crippen LogP contribution is 2.12. The van der Waals surface area contributed by atoms with E-state index in [4.69, 9.17) is 4.74 Å². The number of aromatic nitrogens is 3. The zero-order chi connectivity index (χ0) is 12.3. The van der Waals surface area contributed by atoms with Crippen LogP contribution in [0.3, 0.4) is 0 Å². The molecular weight excluding hydrogens is 218 g/mol. The second-order valence-electron chi connectivity index (χ2n) is 3.47. The highest BCUT2D eigenvalue weighted by molar-refractivity contribution is 5.90. The molecule has 0 atom stereocenters. The van der Waals surface area contributed by atoms with Crippen molar-refractivity contribution in [3.8, 4) is 5.82 Å². The van der Waals surface area contributed by atoms with Crippen LogP contribution in [0.1, 0.15) is 23.0 Å². The van der Waals surface area contributed by atoms with Gasteiger partial charge in [-0.1, -0.05) is 13.0 Å². The molecule has 0 N–H and O–H groups in total.